The van der Waals surface area contributed by atoms with Gasteiger partial charge in [-0.2, -0.15) is 0 Å². The number of pyridine rings is 2. The molecule has 0 saturated heterocycles. The van der Waals surface area contributed by atoms with Crippen molar-refractivity contribution in [2.75, 3.05) is 17.7 Å². The number of amides is 2. The molecule has 0 aliphatic heterocycles. The fourth-order valence-electron chi connectivity index (χ4n) is 5.29. The minimum absolute atomic E-state index is 0.210. The van der Waals surface area contributed by atoms with Crippen LogP contribution in [0, 0.1) is 5.92 Å². The number of fused-ring (bicyclic) bond motifs is 1. The van der Waals surface area contributed by atoms with Crippen LogP contribution in [0.5, 0.6) is 5.75 Å². The van der Waals surface area contributed by atoms with E-state index in [0.717, 1.165) is 40.6 Å². The molecule has 0 radical (unpaired) electrons. The van der Waals surface area contributed by atoms with Gasteiger partial charge < -0.3 is 15.4 Å². The average molecular weight is 555 g/mol. The number of aryl methyl sites for hydroxylation is 1. The van der Waals surface area contributed by atoms with E-state index >= 15 is 0 Å². The number of benzene rings is 2. The Morgan fingerprint density at radius 3 is 2.20 bits per heavy atom. The van der Waals surface area contributed by atoms with Gasteiger partial charge in [-0.1, -0.05) is 71.9 Å². The van der Waals surface area contributed by atoms with Gasteiger partial charge in [0.15, 0.2) is 0 Å². The summed E-state index contributed by atoms with van der Waals surface area (Å²) in [4.78, 5) is 32.5. The molecule has 2 amide bonds. The number of ether oxygens (including phenoxy) is 1. The molecule has 7 heteroatoms. The first-order valence-corrected chi connectivity index (χ1v) is 14.5. The van der Waals surface area contributed by atoms with E-state index < -0.39 is 6.03 Å². The number of hydrogen-bond acceptors (Lipinski definition) is 4. The van der Waals surface area contributed by atoms with Crippen molar-refractivity contribution in [3.05, 3.63) is 82.3 Å². The standard InChI is InChI=1S/C34H42N4O3/c1-21(2)12-11-19-38-32-28(17-10-18-35-32)29(24-13-8-14-25(20-24)41-7)31(33(38)39)37-34(40)36-30-26(22(3)4)15-9-16-27(30)23(5)6/h8-10,13-18,20-23H,11-12,19H2,1-7H3,(H2,36,37,40). The number of carbonyl (C=O) groups excluding carboxylic acids is 1. The summed E-state index contributed by atoms with van der Waals surface area (Å²) >= 11 is 0. The van der Waals surface area contributed by atoms with Crippen LogP contribution in [-0.2, 0) is 6.54 Å². The maximum absolute atomic E-state index is 14.2. The summed E-state index contributed by atoms with van der Waals surface area (Å²) in [6.07, 6.45) is 3.50. The molecule has 216 valence electrons. The number of methoxy groups -OCH3 is 1. The number of carbonyl (C=O) groups is 1. The van der Waals surface area contributed by atoms with E-state index in [0.29, 0.717) is 29.4 Å². The van der Waals surface area contributed by atoms with Gasteiger partial charge in [-0.25, -0.2) is 9.78 Å². The number of nitrogens with one attached hydrogen (secondary N) is 2. The van der Waals surface area contributed by atoms with Crippen molar-refractivity contribution in [1.82, 2.24) is 9.55 Å². The molecule has 0 saturated carbocycles. The van der Waals surface area contributed by atoms with Gasteiger partial charge in [0.05, 0.1) is 7.11 Å². The van der Waals surface area contributed by atoms with Crippen molar-refractivity contribution >= 4 is 28.4 Å². The van der Waals surface area contributed by atoms with Crippen molar-refractivity contribution in [1.29, 1.82) is 0 Å². The topological polar surface area (TPSA) is 85.3 Å². The summed E-state index contributed by atoms with van der Waals surface area (Å²) in [6, 6.07) is 17.0. The van der Waals surface area contributed by atoms with Crippen molar-refractivity contribution in [3.8, 4) is 16.9 Å². The summed E-state index contributed by atoms with van der Waals surface area (Å²) in [5, 5.41) is 6.86. The minimum atomic E-state index is -0.460. The molecule has 0 unspecified atom stereocenters. The second-order valence-corrected chi connectivity index (χ2v) is 11.5. The monoisotopic (exact) mass is 554 g/mol. The van der Waals surface area contributed by atoms with E-state index in [-0.39, 0.29) is 23.1 Å². The molecule has 2 aromatic carbocycles. The van der Waals surface area contributed by atoms with Crippen LogP contribution in [0.4, 0.5) is 16.2 Å². The van der Waals surface area contributed by atoms with E-state index in [1.807, 2.05) is 54.6 Å². The zero-order valence-corrected chi connectivity index (χ0v) is 25.2. The Labute approximate surface area is 243 Å². The molecule has 0 fully saturated rings. The fourth-order valence-corrected chi connectivity index (χ4v) is 5.29. The SMILES string of the molecule is COc1cccc(-c2c(NC(=O)Nc3c(C(C)C)cccc3C(C)C)c(=O)n(CCCC(C)C)c3ncccc23)c1. The first kappa shape index (κ1) is 29.8. The first-order chi connectivity index (χ1) is 19.6. The second kappa shape index (κ2) is 13.0. The lowest BCUT2D eigenvalue weighted by molar-refractivity contribution is 0.262. The van der Waals surface area contributed by atoms with Crippen LogP contribution in [-0.4, -0.2) is 22.7 Å². The highest BCUT2D eigenvalue weighted by molar-refractivity contribution is 6.07. The number of urea groups is 1. The van der Waals surface area contributed by atoms with Crippen molar-refractivity contribution in [3.63, 3.8) is 0 Å². The average Bonchev–Trinajstić information content (AvgIpc) is 2.94. The molecular formula is C34H42N4O3. The second-order valence-electron chi connectivity index (χ2n) is 11.5. The molecule has 2 heterocycles. The normalized spacial score (nSPS) is 11.5. The smallest absolute Gasteiger partial charge is 0.323 e. The minimum Gasteiger partial charge on any atom is -0.497 e. The zero-order valence-electron chi connectivity index (χ0n) is 25.2. The van der Waals surface area contributed by atoms with Crippen LogP contribution in [0.25, 0.3) is 22.2 Å². The Bertz CT molecular complexity index is 1560. The Morgan fingerprint density at radius 2 is 1.56 bits per heavy atom. The van der Waals surface area contributed by atoms with Gasteiger partial charge in [0.2, 0.25) is 0 Å². The predicted octanol–water partition coefficient (Wildman–Crippen LogP) is 8.40. The third-order valence-electron chi connectivity index (χ3n) is 7.39. The summed E-state index contributed by atoms with van der Waals surface area (Å²) in [7, 11) is 1.61. The Kier molecular flexibility index (Phi) is 9.48. The maximum atomic E-state index is 14.2. The van der Waals surface area contributed by atoms with Crippen LogP contribution < -0.4 is 20.9 Å². The lowest BCUT2D eigenvalue weighted by Crippen LogP contribution is -2.30. The highest BCUT2D eigenvalue weighted by Crippen LogP contribution is 2.36. The van der Waals surface area contributed by atoms with E-state index in [1.54, 1.807) is 17.9 Å². The molecule has 0 aliphatic rings. The summed E-state index contributed by atoms with van der Waals surface area (Å²) in [6.45, 7) is 13.3. The molecule has 0 bridgehead atoms. The number of anilines is 2. The molecule has 7 nitrogen and oxygen atoms in total. The van der Waals surface area contributed by atoms with Gasteiger partial charge in [0.1, 0.15) is 17.1 Å². The van der Waals surface area contributed by atoms with Crippen molar-refractivity contribution in [2.24, 2.45) is 5.92 Å². The molecule has 4 rings (SSSR count). The summed E-state index contributed by atoms with van der Waals surface area (Å²) in [5.74, 6) is 1.59. The Morgan fingerprint density at radius 1 is 0.902 bits per heavy atom. The van der Waals surface area contributed by atoms with E-state index in [1.165, 1.54) is 0 Å². The first-order valence-electron chi connectivity index (χ1n) is 14.5. The van der Waals surface area contributed by atoms with Gasteiger partial charge >= 0.3 is 6.03 Å². The molecule has 2 N–H and O–H groups in total. The van der Waals surface area contributed by atoms with Gasteiger partial charge in [-0.3, -0.25) is 9.36 Å². The number of nitrogens with zero attached hydrogens (tertiary/aromatic N) is 2. The molecule has 0 aliphatic carbocycles. The van der Waals surface area contributed by atoms with Gasteiger partial charge in [-0.15, -0.1) is 0 Å². The molecule has 0 spiro atoms. The van der Waals surface area contributed by atoms with E-state index in [2.05, 4.69) is 57.2 Å². The van der Waals surface area contributed by atoms with Crippen LogP contribution in [0.3, 0.4) is 0 Å². The number of hydrogen-bond donors (Lipinski definition) is 2. The number of rotatable bonds is 10. The molecule has 0 atom stereocenters. The van der Waals surface area contributed by atoms with E-state index in [9.17, 15) is 9.59 Å². The fraction of sp³-hybridized carbons (Fsp3) is 0.382. The summed E-state index contributed by atoms with van der Waals surface area (Å²) < 4.78 is 7.18. The van der Waals surface area contributed by atoms with Crippen LogP contribution in [0.15, 0.2) is 65.6 Å². The number of aromatic nitrogens is 2. The summed E-state index contributed by atoms with van der Waals surface area (Å²) in [5.41, 5.74) is 4.79. The lowest BCUT2D eigenvalue weighted by atomic mass is 9.93. The third kappa shape index (κ3) is 6.62. The molecule has 2 aromatic heterocycles. The molecule has 4 aromatic rings. The zero-order chi connectivity index (χ0) is 29.7. The molecular weight excluding hydrogens is 512 g/mol. The quantitative estimate of drug-likeness (QED) is 0.206. The highest BCUT2D eigenvalue weighted by Gasteiger charge is 2.23. The van der Waals surface area contributed by atoms with Gasteiger partial charge in [0.25, 0.3) is 5.56 Å². The van der Waals surface area contributed by atoms with Gasteiger partial charge in [-0.05, 0) is 71.6 Å². The predicted molar refractivity (Wildman–Crippen MR) is 169 cm³/mol. The van der Waals surface area contributed by atoms with Crippen molar-refractivity contribution < 1.29 is 9.53 Å². The third-order valence-corrected chi connectivity index (χ3v) is 7.39. The van der Waals surface area contributed by atoms with Crippen LogP contribution >= 0.6 is 0 Å². The van der Waals surface area contributed by atoms with Crippen LogP contribution in [0.1, 0.15) is 77.3 Å². The Balaban J connectivity index is 1.88. The van der Waals surface area contributed by atoms with Crippen LogP contribution in [0.2, 0.25) is 0 Å². The highest BCUT2D eigenvalue weighted by atomic mass is 16.5. The Hall–Kier alpha value is -4.13. The largest absolute Gasteiger partial charge is 0.497 e. The molecule has 41 heavy (non-hydrogen) atoms. The van der Waals surface area contributed by atoms with Crippen molar-refractivity contribution in [2.45, 2.75) is 72.8 Å². The number of para-hydroxylation sites is 1. The van der Waals surface area contributed by atoms with E-state index in [4.69, 9.17) is 4.74 Å². The van der Waals surface area contributed by atoms with Gasteiger partial charge in [0, 0.05) is 29.4 Å². The lowest BCUT2D eigenvalue weighted by Gasteiger charge is -2.22. The maximum Gasteiger partial charge on any atom is 0.323 e.